The second kappa shape index (κ2) is 8.24. The number of carbonyl (C=O) groups excluding carboxylic acids is 2. The Kier molecular flexibility index (Phi) is 5.93. The highest BCUT2D eigenvalue weighted by Crippen LogP contribution is 2.28. The average Bonchev–Trinajstić information content (AvgIpc) is 2.91. The lowest BCUT2D eigenvalue weighted by Crippen LogP contribution is -2.30. The van der Waals surface area contributed by atoms with Gasteiger partial charge in [0, 0.05) is 30.0 Å². The summed E-state index contributed by atoms with van der Waals surface area (Å²) >= 11 is 0. The van der Waals surface area contributed by atoms with Gasteiger partial charge in [-0.05, 0) is 62.4 Å². The molecule has 2 amide bonds. The van der Waals surface area contributed by atoms with E-state index in [9.17, 15) is 18.0 Å². The predicted octanol–water partition coefficient (Wildman–Crippen LogP) is 3.10. The zero-order chi connectivity index (χ0) is 21.2. The lowest BCUT2D eigenvalue weighted by Gasteiger charge is -2.21. The molecule has 1 fully saturated rings. The fourth-order valence-electron chi connectivity index (χ4n) is 3.38. The normalized spacial score (nSPS) is 18.0. The zero-order valence-corrected chi connectivity index (χ0v) is 17.6. The summed E-state index contributed by atoms with van der Waals surface area (Å²) in [5, 5.41) is 2.83. The molecule has 0 unspecified atom stereocenters. The highest BCUT2D eigenvalue weighted by molar-refractivity contribution is 7.94. The number of hydrogen-bond donors (Lipinski definition) is 1. The molecule has 29 heavy (non-hydrogen) atoms. The number of nitrogens with zero attached hydrogens (tertiary/aromatic N) is 2. The van der Waals surface area contributed by atoms with Crippen molar-refractivity contribution in [2.75, 3.05) is 33.4 Å². The fraction of sp³-hybridized carbons (Fsp3) is 0.333. The summed E-state index contributed by atoms with van der Waals surface area (Å²) in [5.74, 6) is -1.52. The number of benzene rings is 2. The van der Waals surface area contributed by atoms with Crippen LogP contribution < -0.4 is 14.5 Å². The van der Waals surface area contributed by atoms with Crippen molar-refractivity contribution < 1.29 is 18.0 Å². The van der Waals surface area contributed by atoms with Gasteiger partial charge >= 0.3 is 0 Å². The SMILES string of the molecule is CCN(CC)c1ccc(NC(=O)c2ccc(N3C(=O)[C@@H](C)CS3(=O)=O)cc2)cc1. The summed E-state index contributed by atoms with van der Waals surface area (Å²) in [6, 6.07) is 13.6. The van der Waals surface area contributed by atoms with Gasteiger partial charge in [0.1, 0.15) is 0 Å². The Balaban J connectivity index is 1.72. The molecule has 3 rings (SSSR count). The highest BCUT2D eigenvalue weighted by atomic mass is 32.2. The van der Waals surface area contributed by atoms with E-state index in [1.165, 1.54) is 24.3 Å². The standard InChI is InChI=1S/C21H25N3O4S/c1-4-23(5-2)18-12-8-17(9-13-18)22-20(25)16-6-10-19(11-7-16)24-21(26)15(3)14-29(24,27)28/h6-13,15H,4-5,14H2,1-3H3,(H,22,25)/t15-/m0/s1. The molecular formula is C21H25N3O4S. The molecule has 0 aliphatic carbocycles. The van der Waals surface area contributed by atoms with Crippen LogP contribution in [0.25, 0.3) is 0 Å². The van der Waals surface area contributed by atoms with Crippen LogP contribution in [0.4, 0.5) is 17.1 Å². The molecule has 0 bridgehead atoms. The molecule has 8 heteroatoms. The number of carbonyl (C=O) groups is 2. The number of hydrogen-bond acceptors (Lipinski definition) is 5. The first kappa shape index (κ1) is 20.9. The smallest absolute Gasteiger partial charge is 0.255 e. The van der Waals surface area contributed by atoms with Crippen LogP contribution in [0.15, 0.2) is 48.5 Å². The van der Waals surface area contributed by atoms with E-state index in [1.807, 2.05) is 24.3 Å². The Labute approximate surface area is 171 Å². The summed E-state index contributed by atoms with van der Waals surface area (Å²) in [7, 11) is -3.66. The molecule has 0 spiro atoms. The van der Waals surface area contributed by atoms with Crippen LogP contribution in [0.2, 0.25) is 0 Å². The van der Waals surface area contributed by atoms with Crippen LogP contribution in [0.1, 0.15) is 31.1 Å². The van der Waals surface area contributed by atoms with Gasteiger partial charge in [0.2, 0.25) is 15.9 Å². The molecule has 154 valence electrons. The van der Waals surface area contributed by atoms with Crippen molar-refractivity contribution in [2.24, 2.45) is 5.92 Å². The summed E-state index contributed by atoms with van der Waals surface area (Å²) in [4.78, 5) is 26.9. The zero-order valence-electron chi connectivity index (χ0n) is 16.8. The highest BCUT2D eigenvalue weighted by Gasteiger charge is 2.41. The van der Waals surface area contributed by atoms with Gasteiger partial charge in [-0.2, -0.15) is 0 Å². The quantitative estimate of drug-likeness (QED) is 0.783. The van der Waals surface area contributed by atoms with Gasteiger partial charge in [0.05, 0.1) is 17.4 Å². The van der Waals surface area contributed by atoms with Gasteiger partial charge in [-0.1, -0.05) is 6.92 Å². The molecule has 0 radical (unpaired) electrons. The first-order chi connectivity index (χ1) is 13.8. The third-order valence-electron chi connectivity index (χ3n) is 4.98. The van der Waals surface area contributed by atoms with Gasteiger partial charge in [0.25, 0.3) is 5.91 Å². The van der Waals surface area contributed by atoms with Crippen LogP contribution >= 0.6 is 0 Å². The van der Waals surface area contributed by atoms with Crippen molar-refractivity contribution >= 4 is 38.9 Å². The minimum absolute atomic E-state index is 0.197. The predicted molar refractivity (Wildman–Crippen MR) is 115 cm³/mol. The molecule has 1 atom stereocenters. The molecule has 1 aliphatic heterocycles. The van der Waals surface area contributed by atoms with E-state index in [-0.39, 0.29) is 17.3 Å². The van der Waals surface area contributed by atoms with Crippen molar-refractivity contribution in [1.82, 2.24) is 0 Å². The monoisotopic (exact) mass is 415 g/mol. The van der Waals surface area contributed by atoms with E-state index in [0.717, 1.165) is 23.1 Å². The van der Waals surface area contributed by atoms with Crippen LogP contribution in [-0.2, 0) is 14.8 Å². The van der Waals surface area contributed by atoms with Crippen LogP contribution in [0.5, 0.6) is 0 Å². The maximum atomic E-state index is 12.5. The molecule has 1 aliphatic rings. The van der Waals surface area contributed by atoms with Crippen molar-refractivity contribution in [3.05, 3.63) is 54.1 Å². The molecule has 0 saturated carbocycles. The van der Waals surface area contributed by atoms with E-state index in [2.05, 4.69) is 24.1 Å². The van der Waals surface area contributed by atoms with Crippen molar-refractivity contribution in [1.29, 1.82) is 0 Å². The Bertz CT molecular complexity index is 997. The summed E-state index contributed by atoms with van der Waals surface area (Å²) in [5.41, 5.74) is 2.38. The maximum absolute atomic E-state index is 12.5. The number of amides is 2. The number of sulfonamides is 1. The van der Waals surface area contributed by atoms with Gasteiger partial charge in [-0.15, -0.1) is 0 Å². The Morgan fingerprint density at radius 2 is 1.66 bits per heavy atom. The third-order valence-corrected chi connectivity index (χ3v) is 6.85. The number of nitrogens with one attached hydrogen (secondary N) is 1. The van der Waals surface area contributed by atoms with E-state index < -0.39 is 21.8 Å². The summed E-state index contributed by atoms with van der Waals surface area (Å²) < 4.78 is 25.2. The first-order valence-electron chi connectivity index (χ1n) is 9.60. The molecule has 1 saturated heterocycles. The molecule has 0 aromatic heterocycles. The summed E-state index contributed by atoms with van der Waals surface area (Å²) in [6.45, 7) is 7.58. The van der Waals surface area contributed by atoms with Gasteiger partial charge in [-0.25, -0.2) is 12.7 Å². The molecule has 2 aromatic carbocycles. The van der Waals surface area contributed by atoms with E-state index in [1.54, 1.807) is 6.92 Å². The molecule has 7 nitrogen and oxygen atoms in total. The van der Waals surface area contributed by atoms with Gasteiger partial charge in [0.15, 0.2) is 0 Å². The molecular weight excluding hydrogens is 390 g/mol. The third kappa shape index (κ3) is 4.27. The van der Waals surface area contributed by atoms with E-state index >= 15 is 0 Å². The fourth-order valence-corrected chi connectivity index (χ4v) is 5.20. The Morgan fingerprint density at radius 1 is 1.07 bits per heavy atom. The van der Waals surface area contributed by atoms with E-state index in [4.69, 9.17) is 0 Å². The topological polar surface area (TPSA) is 86.8 Å². The molecule has 2 aromatic rings. The van der Waals surface area contributed by atoms with Crippen LogP contribution in [-0.4, -0.2) is 39.1 Å². The number of rotatable bonds is 6. The minimum Gasteiger partial charge on any atom is -0.372 e. The second-order valence-corrected chi connectivity index (χ2v) is 8.86. The largest absolute Gasteiger partial charge is 0.372 e. The summed E-state index contributed by atoms with van der Waals surface area (Å²) in [6.07, 6.45) is 0. The molecule has 1 N–H and O–H groups in total. The first-order valence-corrected chi connectivity index (χ1v) is 11.2. The van der Waals surface area contributed by atoms with Gasteiger partial charge in [-0.3, -0.25) is 9.59 Å². The lowest BCUT2D eigenvalue weighted by atomic mass is 10.1. The average molecular weight is 416 g/mol. The lowest BCUT2D eigenvalue weighted by molar-refractivity contribution is -0.119. The van der Waals surface area contributed by atoms with Crippen molar-refractivity contribution in [2.45, 2.75) is 20.8 Å². The van der Waals surface area contributed by atoms with Crippen molar-refractivity contribution in [3.63, 3.8) is 0 Å². The Morgan fingerprint density at radius 3 is 2.14 bits per heavy atom. The number of anilines is 3. The second-order valence-electron chi connectivity index (χ2n) is 7.00. The maximum Gasteiger partial charge on any atom is 0.255 e. The molecule has 1 heterocycles. The van der Waals surface area contributed by atoms with Crippen molar-refractivity contribution in [3.8, 4) is 0 Å². The van der Waals surface area contributed by atoms with Gasteiger partial charge < -0.3 is 10.2 Å². The Hall–Kier alpha value is -2.87. The van der Waals surface area contributed by atoms with E-state index in [0.29, 0.717) is 11.3 Å². The minimum atomic E-state index is -3.66. The van der Waals surface area contributed by atoms with Crippen LogP contribution in [0.3, 0.4) is 0 Å². The van der Waals surface area contributed by atoms with Crippen LogP contribution in [0, 0.1) is 5.92 Å².